The minimum absolute atomic E-state index is 0.00186. The van der Waals surface area contributed by atoms with Crippen LogP contribution in [0.1, 0.15) is 11.1 Å². The van der Waals surface area contributed by atoms with Crippen LogP contribution < -0.4 is 14.8 Å². The van der Waals surface area contributed by atoms with Crippen LogP contribution in [-0.2, 0) is 19.1 Å². The molecule has 1 N–H and O–H groups in total. The lowest BCUT2D eigenvalue weighted by Gasteiger charge is -2.25. The molecule has 0 aromatic heterocycles. The number of nitrogens with zero attached hydrogens (tertiary/aromatic N) is 1. The fraction of sp³-hybridized carbons (Fsp3) is 0.318. The average molecular weight is 412 g/mol. The van der Waals surface area contributed by atoms with E-state index in [1.165, 1.54) is 11.9 Å². The number of hydrogen-bond donors (Lipinski definition) is 1. The fourth-order valence-electron chi connectivity index (χ4n) is 2.84. The molecule has 0 unspecified atom stereocenters. The van der Waals surface area contributed by atoms with Crippen LogP contribution in [0.5, 0.6) is 11.5 Å². The highest BCUT2D eigenvalue weighted by Crippen LogP contribution is 2.31. The topological polar surface area (TPSA) is 94.2 Å². The van der Waals surface area contributed by atoms with Crippen LogP contribution in [0, 0.1) is 13.8 Å². The first-order valence-electron chi connectivity index (χ1n) is 9.49. The van der Waals surface area contributed by atoms with Crippen molar-refractivity contribution >= 4 is 23.5 Å². The highest BCUT2D eigenvalue weighted by Gasteiger charge is 2.29. The smallest absolute Gasteiger partial charge is 0.351 e. The zero-order valence-electron chi connectivity index (χ0n) is 17.1. The lowest BCUT2D eigenvalue weighted by Crippen LogP contribution is -2.41. The van der Waals surface area contributed by atoms with Crippen molar-refractivity contribution in [2.75, 3.05) is 32.1 Å². The monoisotopic (exact) mass is 412 g/mol. The molecule has 2 aromatic rings. The van der Waals surface area contributed by atoms with Crippen LogP contribution in [0.3, 0.4) is 0 Å². The van der Waals surface area contributed by atoms with Gasteiger partial charge in [0.2, 0.25) is 12.0 Å². The van der Waals surface area contributed by atoms with Gasteiger partial charge < -0.3 is 24.4 Å². The summed E-state index contributed by atoms with van der Waals surface area (Å²) >= 11 is 0. The van der Waals surface area contributed by atoms with Gasteiger partial charge in [-0.05, 0) is 43.2 Å². The van der Waals surface area contributed by atoms with Crippen molar-refractivity contribution in [1.82, 2.24) is 4.90 Å². The number of carbonyl (C=O) groups is 3. The molecule has 3 rings (SSSR count). The summed E-state index contributed by atoms with van der Waals surface area (Å²) in [6.45, 7) is 3.16. The quantitative estimate of drug-likeness (QED) is 0.730. The summed E-state index contributed by atoms with van der Waals surface area (Å²) in [6, 6.07) is 12.7. The summed E-state index contributed by atoms with van der Waals surface area (Å²) in [6.07, 6.45) is -0.953. The molecule has 0 fully saturated rings. The lowest BCUT2D eigenvalue weighted by atomic mass is 10.1. The zero-order valence-corrected chi connectivity index (χ0v) is 17.1. The van der Waals surface area contributed by atoms with Gasteiger partial charge in [0.05, 0.1) is 6.54 Å². The highest BCUT2D eigenvalue weighted by atomic mass is 16.6. The largest absolute Gasteiger partial charge is 0.485 e. The maximum atomic E-state index is 12.2. The SMILES string of the molecule is Cc1ccc(C)c(NC(=O)CN(C)C(=O)COC(=O)[C@H]2COc3ccccc3O2)c1. The second-order valence-corrected chi connectivity index (χ2v) is 7.09. The van der Waals surface area contributed by atoms with Crippen molar-refractivity contribution in [2.45, 2.75) is 20.0 Å². The maximum Gasteiger partial charge on any atom is 0.351 e. The Morgan fingerprint density at radius 3 is 2.63 bits per heavy atom. The minimum atomic E-state index is -0.953. The van der Waals surface area contributed by atoms with Crippen molar-refractivity contribution in [3.8, 4) is 11.5 Å². The van der Waals surface area contributed by atoms with E-state index in [-0.39, 0.29) is 19.1 Å². The highest BCUT2D eigenvalue weighted by molar-refractivity contribution is 5.95. The first kappa shape index (κ1) is 21.2. The Kier molecular flexibility index (Phi) is 6.56. The van der Waals surface area contributed by atoms with E-state index < -0.39 is 24.6 Å². The number of fused-ring (bicyclic) bond motifs is 1. The van der Waals surface area contributed by atoms with Gasteiger partial charge in [0, 0.05) is 12.7 Å². The summed E-state index contributed by atoms with van der Waals surface area (Å²) < 4.78 is 16.1. The van der Waals surface area contributed by atoms with E-state index in [2.05, 4.69) is 5.32 Å². The number of hydrogen-bond acceptors (Lipinski definition) is 6. The molecule has 0 radical (unpaired) electrons. The summed E-state index contributed by atoms with van der Waals surface area (Å²) in [4.78, 5) is 37.9. The number of benzene rings is 2. The summed E-state index contributed by atoms with van der Waals surface area (Å²) in [5.74, 6) is -0.557. The Morgan fingerprint density at radius 2 is 1.87 bits per heavy atom. The molecule has 0 bridgehead atoms. The molecule has 1 aliphatic rings. The molecule has 1 atom stereocenters. The number of aryl methyl sites for hydroxylation is 2. The van der Waals surface area contributed by atoms with Crippen molar-refractivity contribution in [2.24, 2.45) is 0 Å². The van der Waals surface area contributed by atoms with E-state index in [1.54, 1.807) is 24.3 Å². The molecule has 2 aromatic carbocycles. The number of anilines is 1. The van der Waals surface area contributed by atoms with Crippen LogP contribution >= 0.6 is 0 Å². The fourth-order valence-corrected chi connectivity index (χ4v) is 2.84. The Bertz CT molecular complexity index is 958. The third kappa shape index (κ3) is 5.28. The van der Waals surface area contributed by atoms with Crippen molar-refractivity contribution in [3.63, 3.8) is 0 Å². The van der Waals surface area contributed by atoms with Crippen LogP contribution in [0.2, 0.25) is 0 Å². The molecular formula is C22H24N2O6. The minimum Gasteiger partial charge on any atom is -0.485 e. The third-order valence-corrected chi connectivity index (χ3v) is 4.58. The number of carbonyl (C=O) groups excluding carboxylic acids is 3. The number of likely N-dealkylation sites (N-methyl/N-ethyl adjacent to an activating group) is 1. The van der Waals surface area contributed by atoms with Gasteiger partial charge in [0.1, 0.15) is 6.61 Å². The van der Waals surface area contributed by atoms with Gasteiger partial charge in [-0.3, -0.25) is 9.59 Å². The Morgan fingerprint density at radius 1 is 1.13 bits per heavy atom. The second-order valence-electron chi connectivity index (χ2n) is 7.09. The van der Waals surface area contributed by atoms with E-state index in [1.807, 2.05) is 32.0 Å². The van der Waals surface area contributed by atoms with E-state index >= 15 is 0 Å². The van der Waals surface area contributed by atoms with E-state index in [0.29, 0.717) is 17.2 Å². The normalized spacial score (nSPS) is 14.6. The molecule has 0 aliphatic carbocycles. The van der Waals surface area contributed by atoms with Crippen molar-refractivity contribution < 1.29 is 28.6 Å². The Hall–Kier alpha value is -3.55. The first-order valence-corrected chi connectivity index (χ1v) is 9.49. The van der Waals surface area contributed by atoms with Crippen LogP contribution in [0.15, 0.2) is 42.5 Å². The molecule has 1 aliphatic heterocycles. The predicted octanol–water partition coefficient (Wildman–Crippen LogP) is 2.08. The van der Waals surface area contributed by atoms with E-state index in [9.17, 15) is 14.4 Å². The zero-order chi connectivity index (χ0) is 21.7. The molecule has 30 heavy (non-hydrogen) atoms. The molecule has 2 amide bonds. The lowest BCUT2D eigenvalue weighted by molar-refractivity contribution is -0.159. The molecule has 0 saturated carbocycles. The molecule has 8 heteroatoms. The van der Waals surface area contributed by atoms with Gasteiger partial charge >= 0.3 is 5.97 Å². The molecule has 8 nitrogen and oxygen atoms in total. The molecule has 158 valence electrons. The van der Waals surface area contributed by atoms with Crippen LogP contribution in [0.25, 0.3) is 0 Å². The van der Waals surface area contributed by atoms with E-state index in [0.717, 1.165) is 11.1 Å². The Balaban J connectivity index is 1.45. The summed E-state index contributed by atoms with van der Waals surface area (Å²) in [5.41, 5.74) is 2.64. The molecule has 0 spiro atoms. The van der Waals surface area contributed by atoms with E-state index in [4.69, 9.17) is 14.2 Å². The molecule has 0 saturated heterocycles. The number of amides is 2. The number of nitrogens with one attached hydrogen (secondary N) is 1. The average Bonchev–Trinajstić information content (AvgIpc) is 2.73. The molecular weight excluding hydrogens is 388 g/mol. The number of rotatable bonds is 6. The van der Waals surface area contributed by atoms with Gasteiger partial charge in [-0.15, -0.1) is 0 Å². The molecule has 1 heterocycles. The maximum absolute atomic E-state index is 12.2. The van der Waals surface area contributed by atoms with Gasteiger partial charge in [-0.25, -0.2) is 4.79 Å². The van der Waals surface area contributed by atoms with Crippen LogP contribution in [-0.4, -0.2) is 55.6 Å². The number of ether oxygens (including phenoxy) is 3. The number of para-hydroxylation sites is 2. The van der Waals surface area contributed by atoms with Gasteiger partial charge in [-0.2, -0.15) is 0 Å². The van der Waals surface area contributed by atoms with Crippen molar-refractivity contribution in [3.05, 3.63) is 53.6 Å². The summed E-state index contributed by atoms with van der Waals surface area (Å²) in [5, 5.41) is 2.79. The van der Waals surface area contributed by atoms with Crippen LogP contribution in [0.4, 0.5) is 5.69 Å². The first-order chi connectivity index (χ1) is 14.3. The number of esters is 1. The Labute approximate surface area is 174 Å². The standard InChI is InChI=1S/C22H24N2O6/c1-14-8-9-15(2)16(10-14)23-20(25)11-24(3)21(26)13-29-22(27)19-12-28-17-6-4-5-7-18(17)30-19/h4-10,19H,11-13H2,1-3H3,(H,23,25)/t19-/m1/s1. The summed E-state index contributed by atoms with van der Waals surface area (Å²) in [7, 11) is 1.47. The van der Waals surface area contributed by atoms with Gasteiger partial charge in [0.25, 0.3) is 5.91 Å². The van der Waals surface area contributed by atoms with Gasteiger partial charge in [-0.1, -0.05) is 24.3 Å². The third-order valence-electron chi connectivity index (χ3n) is 4.58. The second kappa shape index (κ2) is 9.30. The van der Waals surface area contributed by atoms with Crippen molar-refractivity contribution in [1.29, 1.82) is 0 Å². The van der Waals surface area contributed by atoms with Gasteiger partial charge in [0.15, 0.2) is 18.1 Å². The predicted molar refractivity (Wildman–Crippen MR) is 109 cm³/mol.